The van der Waals surface area contributed by atoms with E-state index in [2.05, 4.69) is 4.98 Å². The first-order valence-electron chi connectivity index (χ1n) is 3.85. The fraction of sp³-hybridized carbons (Fsp3) is 0.222. The molecule has 1 aromatic heterocycles. The minimum Gasteiger partial charge on any atom is -0.325 e. The smallest absolute Gasteiger partial charge is 0.131 e. The number of halogens is 2. The van der Waals surface area contributed by atoms with E-state index in [1.807, 2.05) is 19.1 Å². The molecule has 1 unspecified atom stereocenters. The van der Waals surface area contributed by atoms with E-state index < -0.39 is 0 Å². The van der Waals surface area contributed by atoms with Crippen LogP contribution in [0.25, 0.3) is 6.08 Å². The van der Waals surface area contributed by atoms with Crippen LogP contribution in [0, 0.1) is 0 Å². The van der Waals surface area contributed by atoms with E-state index in [1.54, 1.807) is 12.1 Å². The Kier molecular flexibility index (Phi) is 3.72. The summed E-state index contributed by atoms with van der Waals surface area (Å²) >= 11 is 11.4. The summed E-state index contributed by atoms with van der Waals surface area (Å²) in [6.45, 7) is 1.89. The molecule has 0 aliphatic rings. The Labute approximate surface area is 87.4 Å². The lowest BCUT2D eigenvalue weighted by Crippen LogP contribution is -2.09. The van der Waals surface area contributed by atoms with Crippen molar-refractivity contribution < 1.29 is 0 Å². The van der Waals surface area contributed by atoms with Gasteiger partial charge in [0.25, 0.3) is 0 Å². The topological polar surface area (TPSA) is 38.9 Å². The number of nitrogens with two attached hydrogens (primary N) is 1. The molecule has 4 heteroatoms. The number of hydrogen-bond donors (Lipinski definition) is 1. The maximum Gasteiger partial charge on any atom is 0.131 e. The van der Waals surface area contributed by atoms with Gasteiger partial charge in [-0.2, -0.15) is 0 Å². The van der Waals surface area contributed by atoms with Crippen LogP contribution in [0.5, 0.6) is 0 Å². The van der Waals surface area contributed by atoms with E-state index >= 15 is 0 Å². The van der Waals surface area contributed by atoms with Crippen LogP contribution in [-0.2, 0) is 0 Å². The van der Waals surface area contributed by atoms with Gasteiger partial charge < -0.3 is 5.73 Å². The summed E-state index contributed by atoms with van der Waals surface area (Å²) in [6, 6.07) is 3.48. The summed E-state index contributed by atoms with van der Waals surface area (Å²) in [4.78, 5) is 3.83. The van der Waals surface area contributed by atoms with Gasteiger partial charge in [0, 0.05) is 6.04 Å². The summed E-state index contributed by atoms with van der Waals surface area (Å²) < 4.78 is 0. The Hall–Kier alpha value is -0.570. The van der Waals surface area contributed by atoms with Gasteiger partial charge in [-0.1, -0.05) is 35.4 Å². The third kappa shape index (κ3) is 3.77. The van der Waals surface area contributed by atoms with Gasteiger partial charge in [-0.25, -0.2) is 4.98 Å². The lowest BCUT2D eigenvalue weighted by Gasteiger charge is -1.97. The Morgan fingerprint density at radius 1 is 1.38 bits per heavy atom. The lowest BCUT2D eigenvalue weighted by molar-refractivity contribution is 0.931. The summed E-state index contributed by atoms with van der Waals surface area (Å²) in [7, 11) is 0. The molecule has 70 valence electrons. The minimum atomic E-state index is 0.0192. The zero-order chi connectivity index (χ0) is 9.84. The molecule has 1 heterocycles. The second-order valence-corrected chi connectivity index (χ2v) is 3.54. The first kappa shape index (κ1) is 10.5. The van der Waals surface area contributed by atoms with Crippen molar-refractivity contribution in [2.75, 3.05) is 0 Å². The van der Waals surface area contributed by atoms with Crippen molar-refractivity contribution in [1.29, 1.82) is 0 Å². The summed E-state index contributed by atoms with van der Waals surface area (Å²) in [5.74, 6) is 0. The van der Waals surface area contributed by atoms with E-state index in [4.69, 9.17) is 28.9 Å². The number of hydrogen-bond acceptors (Lipinski definition) is 2. The second-order valence-electron chi connectivity index (χ2n) is 2.76. The van der Waals surface area contributed by atoms with Crippen molar-refractivity contribution in [3.05, 3.63) is 34.1 Å². The van der Waals surface area contributed by atoms with Crippen LogP contribution in [0.2, 0.25) is 10.3 Å². The maximum absolute atomic E-state index is 5.70. The van der Waals surface area contributed by atoms with Crippen LogP contribution in [0.1, 0.15) is 12.5 Å². The van der Waals surface area contributed by atoms with Gasteiger partial charge in [-0.3, -0.25) is 0 Å². The molecular formula is C9H10Cl2N2. The molecular weight excluding hydrogens is 207 g/mol. The third-order valence-corrected chi connectivity index (χ3v) is 1.76. The molecule has 13 heavy (non-hydrogen) atoms. The molecule has 1 rings (SSSR count). The van der Waals surface area contributed by atoms with E-state index in [0.29, 0.717) is 10.3 Å². The minimum absolute atomic E-state index is 0.0192. The molecule has 2 N–H and O–H groups in total. The molecule has 0 radical (unpaired) electrons. The lowest BCUT2D eigenvalue weighted by atomic mass is 10.2. The molecule has 0 aliphatic heterocycles. The van der Waals surface area contributed by atoms with Crippen molar-refractivity contribution >= 4 is 29.3 Å². The van der Waals surface area contributed by atoms with E-state index in [0.717, 1.165) is 5.56 Å². The Balaban J connectivity index is 2.89. The summed E-state index contributed by atoms with van der Waals surface area (Å²) in [6.07, 6.45) is 3.73. The van der Waals surface area contributed by atoms with Crippen LogP contribution in [-0.4, -0.2) is 11.0 Å². The summed E-state index contributed by atoms with van der Waals surface area (Å²) in [5, 5.41) is 0.772. The van der Waals surface area contributed by atoms with Crippen LogP contribution >= 0.6 is 23.2 Å². The number of rotatable bonds is 2. The maximum atomic E-state index is 5.70. The molecule has 0 aliphatic carbocycles. The zero-order valence-electron chi connectivity index (χ0n) is 7.17. The number of pyridine rings is 1. The van der Waals surface area contributed by atoms with Crippen molar-refractivity contribution in [3.8, 4) is 0 Å². The van der Waals surface area contributed by atoms with Crippen molar-refractivity contribution in [2.24, 2.45) is 5.73 Å². The largest absolute Gasteiger partial charge is 0.325 e. The molecule has 1 aromatic rings. The Morgan fingerprint density at radius 2 is 1.92 bits per heavy atom. The average Bonchev–Trinajstić information content (AvgIpc) is 1.99. The average molecular weight is 217 g/mol. The molecule has 1 atom stereocenters. The van der Waals surface area contributed by atoms with Crippen LogP contribution in [0.4, 0.5) is 0 Å². The van der Waals surface area contributed by atoms with Crippen LogP contribution < -0.4 is 5.73 Å². The van der Waals surface area contributed by atoms with Gasteiger partial charge in [0.15, 0.2) is 0 Å². The molecule has 0 bridgehead atoms. The first-order valence-corrected chi connectivity index (χ1v) is 4.60. The van der Waals surface area contributed by atoms with Crippen molar-refractivity contribution in [1.82, 2.24) is 4.98 Å². The van der Waals surface area contributed by atoms with Gasteiger partial charge in [-0.05, 0) is 24.6 Å². The third-order valence-electron chi connectivity index (χ3n) is 1.38. The van der Waals surface area contributed by atoms with Gasteiger partial charge in [-0.15, -0.1) is 0 Å². The van der Waals surface area contributed by atoms with E-state index in [9.17, 15) is 0 Å². The highest BCUT2D eigenvalue weighted by Gasteiger charge is 1.96. The highest BCUT2D eigenvalue weighted by molar-refractivity contribution is 6.32. The first-order chi connectivity index (χ1) is 6.08. The van der Waals surface area contributed by atoms with Crippen molar-refractivity contribution in [2.45, 2.75) is 13.0 Å². The molecule has 0 fully saturated rings. The normalized spacial score (nSPS) is 13.5. The Bertz CT molecular complexity index is 301. The monoisotopic (exact) mass is 216 g/mol. The molecule has 0 aromatic carbocycles. The van der Waals surface area contributed by atoms with Gasteiger partial charge >= 0.3 is 0 Å². The SMILES string of the molecule is CC(N)/C=C/c1cc(Cl)nc(Cl)c1. The Morgan fingerprint density at radius 3 is 2.38 bits per heavy atom. The van der Waals surface area contributed by atoms with Crippen LogP contribution in [0.3, 0.4) is 0 Å². The molecule has 0 amide bonds. The van der Waals surface area contributed by atoms with Gasteiger partial charge in [0.05, 0.1) is 0 Å². The second kappa shape index (κ2) is 4.61. The molecule has 2 nitrogen and oxygen atoms in total. The molecule has 0 saturated heterocycles. The van der Waals surface area contributed by atoms with Crippen molar-refractivity contribution in [3.63, 3.8) is 0 Å². The van der Waals surface area contributed by atoms with E-state index in [-0.39, 0.29) is 6.04 Å². The highest BCUT2D eigenvalue weighted by atomic mass is 35.5. The van der Waals surface area contributed by atoms with Gasteiger partial charge in [0.2, 0.25) is 0 Å². The quantitative estimate of drug-likeness (QED) is 0.773. The predicted molar refractivity (Wildman–Crippen MR) is 56.9 cm³/mol. The molecule has 0 spiro atoms. The summed E-state index contributed by atoms with van der Waals surface area (Å²) in [5.41, 5.74) is 6.45. The predicted octanol–water partition coefficient (Wildman–Crippen LogP) is 2.75. The standard InChI is InChI=1S/C9H10Cl2N2/c1-6(12)2-3-7-4-8(10)13-9(11)5-7/h2-6H,12H2,1H3/b3-2+. The highest BCUT2D eigenvalue weighted by Crippen LogP contribution is 2.15. The van der Waals surface area contributed by atoms with Gasteiger partial charge in [0.1, 0.15) is 10.3 Å². The van der Waals surface area contributed by atoms with E-state index in [1.165, 1.54) is 0 Å². The number of nitrogens with zero attached hydrogens (tertiary/aromatic N) is 1. The molecule has 0 saturated carbocycles. The zero-order valence-corrected chi connectivity index (χ0v) is 8.68. The fourth-order valence-electron chi connectivity index (χ4n) is 0.842. The fourth-order valence-corrected chi connectivity index (χ4v) is 1.32. The number of aromatic nitrogens is 1. The van der Waals surface area contributed by atoms with Crippen LogP contribution in [0.15, 0.2) is 18.2 Å².